The monoisotopic (exact) mass is 251 g/mol. The van der Waals surface area contributed by atoms with Gasteiger partial charge in [0.1, 0.15) is 0 Å². The highest BCUT2D eigenvalue weighted by molar-refractivity contribution is 7.16. The van der Waals surface area contributed by atoms with Crippen molar-refractivity contribution >= 4 is 22.9 Å². The van der Waals surface area contributed by atoms with Crippen molar-refractivity contribution in [2.24, 2.45) is 0 Å². The van der Waals surface area contributed by atoms with Gasteiger partial charge in [0.15, 0.2) is 0 Å². The van der Waals surface area contributed by atoms with Crippen molar-refractivity contribution in [1.29, 1.82) is 0 Å². The lowest BCUT2D eigenvalue weighted by Gasteiger charge is -2.03. The first-order valence-electron chi connectivity index (χ1n) is 5.24. The van der Waals surface area contributed by atoms with E-state index in [2.05, 4.69) is 35.6 Å². The first-order valence-corrected chi connectivity index (χ1v) is 6.44. The number of nitrogens with one attached hydrogen (secondary N) is 1. The third kappa shape index (κ3) is 3.08. The van der Waals surface area contributed by atoms with E-state index < -0.39 is 0 Å². The molecule has 0 spiro atoms. The summed E-state index contributed by atoms with van der Waals surface area (Å²) in [7, 11) is 1.96. The van der Waals surface area contributed by atoms with Gasteiger partial charge in [-0.1, -0.05) is 35.9 Å². The number of halogens is 1. The Kier molecular flexibility index (Phi) is 3.99. The van der Waals surface area contributed by atoms with Crippen LogP contribution in [0.1, 0.15) is 16.0 Å². The van der Waals surface area contributed by atoms with E-state index in [4.69, 9.17) is 11.6 Å². The first-order chi connectivity index (χ1) is 7.78. The number of hydrogen-bond donors (Lipinski definition) is 1. The van der Waals surface area contributed by atoms with Crippen molar-refractivity contribution in [1.82, 2.24) is 5.32 Å². The van der Waals surface area contributed by atoms with Gasteiger partial charge < -0.3 is 5.32 Å². The molecule has 0 radical (unpaired) electrons. The summed E-state index contributed by atoms with van der Waals surface area (Å²) >= 11 is 7.57. The number of benzene rings is 1. The Morgan fingerprint density at radius 1 is 1.19 bits per heavy atom. The standard InChI is InChI=1S/C13H14ClNS/c1-15-9-11-4-2-3-10(7-11)8-12-5-6-13(14)16-12/h2-7,15H,8-9H2,1H3. The van der Waals surface area contributed by atoms with Crippen molar-refractivity contribution in [3.05, 3.63) is 56.7 Å². The van der Waals surface area contributed by atoms with Crippen LogP contribution in [0.25, 0.3) is 0 Å². The Morgan fingerprint density at radius 2 is 2.00 bits per heavy atom. The van der Waals surface area contributed by atoms with E-state index in [-0.39, 0.29) is 0 Å². The van der Waals surface area contributed by atoms with Gasteiger partial charge in [0.2, 0.25) is 0 Å². The fourth-order valence-electron chi connectivity index (χ4n) is 1.70. The number of rotatable bonds is 4. The number of hydrogen-bond acceptors (Lipinski definition) is 2. The Labute approximate surface area is 105 Å². The van der Waals surface area contributed by atoms with Gasteiger partial charge in [-0.2, -0.15) is 0 Å². The molecular weight excluding hydrogens is 238 g/mol. The summed E-state index contributed by atoms with van der Waals surface area (Å²) in [5, 5.41) is 3.16. The second-order valence-electron chi connectivity index (χ2n) is 3.73. The van der Waals surface area contributed by atoms with Crippen LogP contribution in [0.4, 0.5) is 0 Å². The molecule has 2 rings (SSSR count). The third-order valence-corrected chi connectivity index (χ3v) is 3.61. The summed E-state index contributed by atoms with van der Waals surface area (Å²) in [6.07, 6.45) is 0.967. The molecule has 0 fully saturated rings. The molecule has 0 bridgehead atoms. The van der Waals surface area contributed by atoms with E-state index in [1.807, 2.05) is 13.1 Å². The molecule has 0 aliphatic rings. The minimum absolute atomic E-state index is 0.862. The van der Waals surface area contributed by atoms with Crippen molar-refractivity contribution in [3.63, 3.8) is 0 Å². The van der Waals surface area contributed by atoms with Crippen molar-refractivity contribution < 1.29 is 0 Å². The number of thiophene rings is 1. The zero-order chi connectivity index (χ0) is 11.4. The Hall–Kier alpha value is -0.830. The first kappa shape index (κ1) is 11.6. The van der Waals surface area contributed by atoms with Gasteiger partial charge in [-0.25, -0.2) is 0 Å². The highest BCUT2D eigenvalue weighted by Crippen LogP contribution is 2.24. The second kappa shape index (κ2) is 5.48. The molecule has 1 heterocycles. The summed E-state index contributed by atoms with van der Waals surface area (Å²) < 4.78 is 0.862. The molecule has 3 heteroatoms. The van der Waals surface area contributed by atoms with Crippen molar-refractivity contribution in [2.75, 3.05) is 7.05 Å². The van der Waals surface area contributed by atoms with Crippen LogP contribution in [0.3, 0.4) is 0 Å². The fourth-order valence-corrected chi connectivity index (χ4v) is 2.82. The third-order valence-electron chi connectivity index (χ3n) is 2.38. The highest BCUT2D eigenvalue weighted by atomic mass is 35.5. The smallest absolute Gasteiger partial charge is 0.0931 e. The molecule has 0 saturated carbocycles. The second-order valence-corrected chi connectivity index (χ2v) is 5.53. The van der Waals surface area contributed by atoms with Crippen LogP contribution in [-0.2, 0) is 13.0 Å². The molecule has 1 aromatic heterocycles. The van der Waals surface area contributed by atoms with Crippen LogP contribution in [-0.4, -0.2) is 7.05 Å². The molecule has 1 nitrogen and oxygen atoms in total. The summed E-state index contributed by atoms with van der Waals surface area (Å²) in [5.74, 6) is 0. The van der Waals surface area contributed by atoms with Crippen LogP contribution < -0.4 is 5.32 Å². The Bertz CT molecular complexity index is 464. The molecule has 1 aromatic carbocycles. The van der Waals surface area contributed by atoms with Crippen LogP contribution in [0.15, 0.2) is 36.4 Å². The minimum Gasteiger partial charge on any atom is -0.316 e. The van der Waals surface area contributed by atoms with Crippen molar-refractivity contribution in [2.45, 2.75) is 13.0 Å². The van der Waals surface area contributed by atoms with E-state index in [1.165, 1.54) is 16.0 Å². The quantitative estimate of drug-likeness (QED) is 0.874. The van der Waals surface area contributed by atoms with Crippen LogP contribution >= 0.6 is 22.9 Å². The minimum atomic E-state index is 0.862. The van der Waals surface area contributed by atoms with Gasteiger partial charge in [-0.05, 0) is 30.3 Å². The zero-order valence-corrected chi connectivity index (χ0v) is 10.7. The predicted molar refractivity (Wildman–Crippen MR) is 71.3 cm³/mol. The van der Waals surface area contributed by atoms with Gasteiger partial charge in [0.25, 0.3) is 0 Å². The summed E-state index contributed by atoms with van der Waals surface area (Å²) in [6, 6.07) is 12.7. The van der Waals surface area contributed by atoms with Crippen LogP contribution in [0.5, 0.6) is 0 Å². The van der Waals surface area contributed by atoms with Gasteiger partial charge in [0.05, 0.1) is 4.34 Å². The lowest BCUT2D eigenvalue weighted by Crippen LogP contribution is -2.05. The topological polar surface area (TPSA) is 12.0 Å². The molecule has 0 unspecified atom stereocenters. The maximum Gasteiger partial charge on any atom is 0.0931 e. The van der Waals surface area contributed by atoms with Gasteiger partial charge in [0, 0.05) is 17.8 Å². The Morgan fingerprint density at radius 3 is 2.69 bits per heavy atom. The molecular formula is C13H14ClNS. The van der Waals surface area contributed by atoms with E-state index in [0.717, 1.165) is 17.3 Å². The molecule has 1 N–H and O–H groups in total. The average molecular weight is 252 g/mol. The van der Waals surface area contributed by atoms with Crippen LogP contribution in [0, 0.1) is 0 Å². The lowest BCUT2D eigenvalue weighted by atomic mass is 10.1. The molecule has 2 aromatic rings. The van der Waals surface area contributed by atoms with E-state index in [0.29, 0.717) is 0 Å². The zero-order valence-electron chi connectivity index (χ0n) is 9.16. The average Bonchev–Trinajstić information content (AvgIpc) is 2.65. The summed E-state index contributed by atoms with van der Waals surface area (Å²) in [6.45, 7) is 0.916. The van der Waals surface area contributed by atoms with E-state index in [1.54, 1.807) is 11.3 Å². The molecule has 0 amide bonds. The lowest BCUT2D eigenvalue weighted by molar-refractivity contribution is 0.816. The maximum atomic E-state index is 5.92. The fraction of sp³-hybridized carbons (Fsp3) is 0.231. The van der Waals surface area contributed by atoms with E-state index in [9.17, 15) is 0 Å². The highest BCUT2D eigenvalue weighted by Gasteiger charge is 2.00. The van der Waals surface area contributed by atoms with Crippen LogP contribution in [0.2, 0.25) is 4.34 Å². The molecule has 16 heavy (non-hydrogen) atoms. The largest absolute Gasteiger partial charge is 0.316 e. The van der Waals surface area contributed by atoms with Gasteiger partial charge in [-0.15, -0.1) is 11.3 Å². The molecule has 84 valence electrons. The van der Waals surface area contributed by atoms with Gasteiger partial charge in [-0.3, -0.25) is 0 Å². The molecule has 0 saturated heterocycles. The molecule has 0 atom stereocenters. The Balaban J connectivity index is 2.12. The van der Waals surface area contributed by atoms with Crippen molar-refractivity contribution in [3.8, 4) is 0 Å². The summed E-state index contributed by atoms with van der Waals surface area (Å²) in [4.78, 5) is 1.31. The molecule has 0 aliphatic carbocycles. The normalized spacial score (nSPS) is 10.6. The summed E-state index contributed by atoms with van der Waals surface area (Å²) in [5.41, 5.74) is 2.66. The van der Waals surface area contributed by atoms with Gasteiger partial charge >= 0.3 is 0 Å². The predicted octanol–water partition coefficient (Wildman–Crippen LogP) is 3.71. The van der Waals surface area contributed by atoms with E-state index >= 15 is 0 Å². The SMILES string of the molecule is CNCc1cccc(Cc2ccc(Cl)s2)c1. The maximum absolute atomic E-state index is 5.92. The molecule has 0 aliphatic heterocycles.